The molecule has 0 radical (unpaired) electrons. The number of benzene rings is 1. The lowest BCUT2D eigenvalue weighted by Gasteiger charge is -2.10. The van der Waals surface area contributed by atoms with Crippen molar-refractivity contribution in [2.75, 3.05) is 17.2 Å². The zero-order valence-corrected chi connectivity index (χ0v) is 9.70. The van der Waals surface area contributed by atoms with Gasteiger partial charge in [0.25, 0.3) is 0 Å². The molecule has 0 saturated carbocycles. The topological polar surface area (TPSA) is 80.4 Å². The van der Waals surface area contributed by atoms with E-state index in [0.717, 1.165) is 5.56 Å². The third-order valence-electron chi connectivity index (χ3n) is 2.96. The Hall–Kier alpha value is -1.23. The molecule has 1 heterocycles. The van der Waals surface area contributed by atoms with Crippen LogP contribution in [0.2, 0.25) is 0 Å². The maximum atomic E-state index is 11.3. The fourth-order valence-electron chi connectivity index (χ4n) is 2.11. The van der Waals surface area contributed by atoms with E-state index < -0.39 is 9.84 Å². The Bertz CT molecular complexity index is 496. The van der Waals surface area contributed by atoms with E-state index in [9.17, 15) is 13.5 Å². The van der Waals surface area contributed by atoms with Crippen LogP contribution in [0.15, 0.2) is 18.2 Å². The van der Waals surface area contributed by atoms with E-state index in [1.54, 1.807) is 12.1 Å². The van der Waals surface area contributed by atoms with Crippen LogP contribution in [0.3, 0.4) is 0 Å². The number of rotatable bonds is 2. The van der Waals surface area contributed by atoms with Crippen molar-refractivity contribution < 1.29 is 13.5 Å². The highest BCUT2D eigenvalue weighted by Gasteiger charge is 2.28. The second kappa shape index (κ2) is 3.97. The molecule has 0 spiro atoms. The van der Waals surface area contributed by atoms with E-state index in [2.05, 4.69) is 0 Å². The molecule has 0 bridgehead atoms. The van der Waals surface area contributed by atoms with Gasteiger partial charge in [0.2, 0.25) is 0 Å². The second-order valence-electron chi connectivity index (χ2n) is 4.36. The summed E-state index contributed by atoms with van der Waals surface area (Å²) in [6, 6.07) is 4.79. The highest BCUT2D eigenvalue weighted by atomic mass is 32.2. The number of sulfone groups is 1. The van der Waals surface area contributed by atoms with Gasteiger partial charge in [-0.25, -0.2) is 8.42 Å². The van der Waals surface area contributed by atoms with E-state index in [1.807, 2.05) is 0 Å². The molecular weight excluding hydrogens is 226 g/mol. The Morgan fingerprint density at radius 2 is 2.19 bits per heavy atom. The summed E-state index contributed by atoms with van der Waals surface area (Å²) in [7, 11) is -2.84. The van der Waals surface area contributed by atoms with Gasteiger partial charge in [0.05, 0.1) is 11.5 Å². The van der Waals surface area contributed by atoms with Gasteiger partial charge in [0, 0.05) is 5.69 Å². The van der Waals surface area contributed by atoms with Crippen LogP contribution in [0.4, 0.5) is 5.69 Å². The first kappa shape index (κ1) is 11.3. The summed E-state index contributed by atoms with van der Waals surface area (Å²) in [5.74, 6) is 0.817. The van der Waals surface area contributed by atoms with Gasteiger partial charge in [-0.05, 0) is 42.5 Å². The van der Waals surface area contributed by atoms with Gasteiger partial charge in [-0.1, -0.05) is 0 Å². The molecule has 1 aliphatic rings. The molecule has 16 heavy (non-hydrogen) atoms. The van der Waals surface area contributed by atoms with E-state index in [1.165, 1.54) is 6.07 Å². The number of anilines is 1. The van der Waals surface area contributed by atoms with Gasteiger partial charge in [0.1, 0.15) is 5.75 Å². The second-order valence-corrected chi connectivity index (χ2v) is 6.59. The Labute approximate surface area is 95.0 Å². The molecular formula is C11H15NO3S. The van der Waals surface area contributed by atoms with Crippen molar-refractivity contribution in [1.82, 2.24) is 0 Å². The minimum Gasteiger partial charge on any atom is -0.508 e. The zero-order chi connectivity index (χ0) is 11.8. The Kier molecular flexibility index (Phi) is 2.80. The third-order valence-corrected chi connectivity index (χ3v) is 4.80. The fraction of sp³-hybridized carbons (Fsp3) is 0.455. The SMILES string of the molecule is Nc1ccc(O)cc1CC1CCS(=O)(=O)C1. The van der Waals surface area contributed by atoms with Gasteiger partial charge >= 0.3 is 0 Å². The van der Waals surface area contributed by atoms with Crippen LogP contribution in [0.5, 0.6) is 5.75 Å². The minimum atomic E-state index is -2.84. The van der Waals surface area contributed by atoms with Crippen molar-refractivity contribution in [3.8, 4) is 5.75 Å². The van der Waals surface area contributed by atoms with E-state index in [4.69, 9.17) is 5.73 Å². The summed E-state index contributed by atoms with van der Waals surface area (Å²) in [6.45, 7) is 0. The van der Waals surface area contributed by atoms with Crippen LogP contribution in [-0.2, 0) is 16.3 Å². The molecule has 0 amide bonds. The number of nitrogen functional groups attached to an aromatic ring is 1. The summed E-state index contributed by atoms with van der Waals surface area (Å²) in [6.07, 6.45) is 1.32. The van der Waals surface area contributed by atoms with Crippen molar-refractivity contribution in [2.45, 2.75) is 12.8 Å². The van der Waals surface area contributed by atoms with Gasteiger partial charge in [-0.15, -0.1) is 0 Å². The molecule has 88 valence electrons. The number of hydrogen-bond acceptors (Lipinski definition) is 4. The molecule has 2 rings (SSSR count). The average Bonchev–Trinajstić information content (AvgIpc) is 2.52. The average molecular weight is 241 g/mol. The zero-order valence-electron chi connectivity index (χ0n) is 8.89. The fourth-order valence-corrected chi connectivity index (χ4v) is 3.97. The summed E-state index contributed by atoms with van der Waals surface area (Å²) in [4.78, 5) is 0. The smallest absolute Gasteiger partial charge is 0.150 e. The lowest BCUT2D eigenvalue weighted by Crippen LogP contribution is -2.08. The van der Waals surface area contributed by atoms with Crippen molar-refractivity contribution in [1.29, 1.82) is 0 Å². The summed E-state index contributed by atoms with van der Waals surface area (Å²) >= 11 is 0. The first-order valence-electron chi connectivity index (χ1n) is 5.24. The first-order valence-corrected chi connectivity index (χ1v) is 7.06. The molecule has 0 aromatic heterocycles. The van der Waals surface area contributed by atoms with E-state index in [-0.39, 0.29) is 23.2 Å². The van der Waals surface area contributed by atoms with Crippen molar-refractivity contribution >= 4 is 15.5 Å². The monoisotopic (exact) mass is 241 g/mol. The maximum Gasteiger partial charge on any atom is 0.150 e. The molecule has 1 saturated heterocycles. The quantitative estimate of drug-likeness (QED) is 0.597. The number of hydrogen-bond donors (Lipinski definition) is 2. The van der Waals surface area contributed by atoms with Crippen molar-refractivity contribution in [3.63, 3.8) is 0 Å². The van der Waals surface area contributed by atoms with Crippen molar-refractivity contribution in [3.05, 3.63) is 23.8 Å². The molecule has 1 fully saturated rings. The molecule has 4 nitrogen and oxygen atoms in total. The molecule has 1 aliphatic heterocycles. The molecule has 0 aliphatic carbocycles. The Morgan fingerprint density at radius 1 is 1.44 bits per heavy atom. The van der Waals surface area contributed by atoms with E-state index >= 15 is 0 Å². The number of nitrogens with two attached hydrogens (primary N) is 1. The summed E-state index contributed by atoms with van der Waals surface area (Å²) in [5.41, 5.74) is 7.22. The molecule has 1 aromatic rings. The molecule has 5 heteroatoms. The van der Waals surface area contributed by atoms with Gasteiger partial charge in [-0.2, -0.15) is 0 Å². The van der Waals surface area contributed by atoms with E-state index in [0.29, 0.717) is 18.5 Å². The number of phenolic OH excluding ortho intramolecular Hbond substituents is 1. The molecule has 1 unspecified atom stereocenters. The Morgan fingerprint density at radius 3 is 2.81 bits per heavy atom. The van der Waals surface area contributed by atoms with Crippen LogP contribution in [-0.4, -0.2) is 25.0 Å². The molecule has 1 atom stereocenters. The van der Waals surface area contributed by atoms with Gasteiger partial charge < -0.3 is 10.8 Å². The highest BCUT2D eigenvalue weighted by molar-refractivity contribution is 7.91. The summed E-state index contributed by atoms with van der Waals surface area (Å²) < 4.78 is 22.6. The normalized spacial score (nSPS) is 23.4. The third kappa shape index (κ3) is 2.47. The lowest BCUT2D eigenvalue weighted by molar-refractivity contribution is 0.473. The molecule has 3 N–H and O–H groups in total. The Balaban J connectivity index is 2.13. The first-order chi connectivity index (χ1) is 7.46. The standard InChI is InChI=1S/C11H15NO3S/c12-11-2-1-10(13)6-9(11)5-8-3-4-16(14,15)7-8/h1-2,6,8,13H,3-5,7,12H2. The largest absolute Gasteiger partial charge is 0.508 e. The predicted molar refractivity (Wildman–Crippen MR) is 63.0 cm³/mol. The predicted octanol–water partition coefficient (Wildman–Crippen LogP) is 0.952. The van der Waals surface area contributed by atoms with Crippen molar-refractivity contribution in [2.24, 2.45) is 5.92 Å². The minimum absolute atomic E-state index is 0.133. The molecule has 1 aromatic carbocycles. The van der Waals surface area contributed by atoms with Gasteiger partial charge in [0.15, 0.2) is 9.84 Å². The van der Waals surface area contributed by atoms with Gasteiger partial charge in [-0.3, -0.25) is 0 Å². The number of phenols is 1. The maximum absolute atomic E-state index is 11.3. The number of aromatic hydroxyl groups is 1. The van der Waals surface area contributed by atoms with Crippen LogP contribution < -0.4 is 5.73 Å². The van der Waals surface area contributed by atoms with Crippen LogP contribution in [0.1, 0.15) is 12.0 Å². The van der Waals surface area contributed by atoms with Crippen LogP contribution >= 0.6 is 0 Å². The van der Waals surface area contributed by atoms with Crippen LogP contribution in [0, 0.1) is 5.92 Å². The summed E-state index contributed by atoms with van der Waals surface area (Å²) in [5, 5.41) is 9.34. The lowest BCUT2D eigenvalue weighted by atomic mass is 9.97. The van der Waals surface area contributed by atoms with Crippen LogP contribution in [0.25, 0.3) is 0 Å². The highest BCUT2D eigenvalue weighted by Crippen LogP contribution is 2.27.